The van der Waals surface area contributed by atoms with Gasteiger partial charge in [-0.1, -0.05) is 72.3 Å². The van der Waals surface area contributed by atoms with Crippen LogP contribution in [0.25, 0.3) is 0 Å². The third-order valence-corrected chi connectivity index (χ3v) is 5.51. The first-order chi connectivity index (χ1) is 14.7. The highest BCUT2D eigenvalue weighted by atomic mass is 35.5. The Balaban J connectivity index is 1.57. The maximum absolute atomic E-state index is 6.48. The lowest BCUT2D eigenvalue weighted by atomic mass is 10.0. The second-order valence-electron chi connectivity index (χ2n) is 7.37. The average Bonchev–Trinajstić information content (AvgIpc) is 2.79. The molecule has 30 heavy (non-hydrogen) atoms. The van der Waals surface area contributed by atoms with Crippen molar-refractivity contribution in [3.63, 3.8) is 0 Å². The van der Waals surface area contributed by atoms with E-state index in [-0.39, 0.29) is 12.2 Å². The van der Waals surface area contributed by atoms with Crippen LogP contribution in [0.2, 0.25) is 5.02 Å². The van der Waals surface area contributed by atoms with Crippen molar-refractivity contribution < 1.29 is 14.2 Å². The van der Waals surface area contributed by atoms with Crippen LogP contribution in [0.5, 0.6) is 11.5 Å². The van der Waals surface area contributed by atoms with Gasteiger partial charge in [-0.2, -0.15) is 0 Å². The zero-order valence-corrected chi connectivity index (χ0v) is 17.8. The van der Waals surface area contributed by atoms with E-state index in [2.05, 4.69) is 41.3 Å². The zero-order chi connectivity index (χ0) is 20.8. The predicted octanol–water partition coefficient (Wildman–Crippen LogP) is 5.37. The molecule has 4 rings (SSSR count). The highest BCUT2D eigenvalue weighted by molar-refractivity contribution is 6.30. The molecular weight excluding hydrogens is 398 g/mol. The maximum atomic E-state index is 6.48. The topological polar surface area (TPSA) is 30.9 Å². The van der Waals surface area contributed by atoms with Gasteiger partial charge in [0.2, 0.25) is 0 Å². The van der Waals surface area contributed by atoms with Crippen LogP contribution >= 0.6 is 11.6 Å². The second-order valence-corrected chi connectivity index (χ2v) is 7.81. The quantitative estimate of drug-likeness (QED) is 0.511. The van der Waals surface area contributed by atoms with Crippen LogP contribution in [0.3, 0.4) is 0 Å². The van der Waals surface area contributed by atoms with Gasteiger partial charge in [-0.3, -0.25) is 4.90 Å². The summed E-state index contributed by atoms with van der Waals surface area (Å²) in [6.07, 6.45) is -0.370. The molecule has 0 radical (unpaired) electrons. The smallest absolute Gasteiger partial charge is 0.162 e. The molecule has 0 N–H and O–H groups in total. The molecule has 156 valence electrons. The highest BCUT2D eigenvalue weighted by Gasteiger charge is 2.31. The third-order valence-electron chi connectivity index (χ3n) is 5.27. The second kappa shape index (κ2) is 9.98. The predicted molar refractivity (Wildman–Crippen MR) is 119 cm³/mol. The number of halogens is 1. The molecule has 1 aliphatic heterocycles. The summed E-state index contributed by atoms with van der Waals surface area (Å²) in [6, 6.07) is 26.2. The summed E-state index contributed by atoms with van der Waals surface area (Å²) in [6.45, 7) is 3.25. The van der Waals surface area contributed by atoms with E-state index >= 15 is 0 Å². The van der Waals surface area contributed by atoms with Crippen LogP contribution in [-0.2, 0) is 11.3 Å². The molecule has 0 aliphatic carbocycles. The Bertz CT molecular complexity index is 936. The summed E-state index contributed by atoms with van der Waals surface area (Å²) in [4.78, 5) is 2.42. The van der Waals surface area contributed by atoms with Crippen molar-refractivity contribution in [3.05, 3.63) is 95.0 Å². The highest BCUT2D eigenvalue weighted by Crippen LogP contribution is 2.36. The van der Waals surface area contributed by atoms with Gasteiger partial charge >= 0.3 is 0 Å². The lowest BCUT2D eigenvalue weighted by Crippen LogP contribution is -2.45. The molecule has 0 saturated carbocycles. The van der Waals surface area contributed by atoms with Gasteiger partial charge < -0.3 is 14.2 Å². The largest absolute Gasteiger partial charge is 0.493 e. The molecule has 3 aromatic rings. The Hall–Kier alpha value is -2.53. The van der Waals surface area contributed by atoms with Crippen LogP contribution in [0.15, 0.2) is 78.9 Å². The van der Waals surface area contributed by atoms with Crippen molar-refractivity contribution in [3.8, 4) is 11.5 Å². The molecule has 1 fully saturated rings. The van der Waals surface area contributed by atoms with Crippen molar-refractivity contribution in [2.24, 2.45) is 0 Å². The van der Waals surface area contributed by atoms with Gasteiger partial charge in [-0.05, 0) is 23.3 Å². The van der Waals surface area contributed by atoms with E-state index in [0.717, 1.165) is 25.2 Å². The van der Waals surface area contributed by atoms with Gasteiger partial charge in [0.15, 0.2) is 17.6 Å². The van der Waals surface area contributed by atoms with Crippen LogP contribution in [-0.4, -0.2) is 37.8 Å². The molecular formula is C25H26ClNO3. The van der Waals surface area contributed by atoms with Crippen molar-refractivity contribution in [1.29, 1.82) is 0 Å². The fraction of sp³-hybridized carbons (Fsp3) is 0.280. The van der Waals surface area contributed by atoms with E-state index < -0.39 is 0 Å². The number of morpholine rings is 1. The fourth-order valence-corrected chi connectivity index (χ4v) is 3.94. The number of ether oxygens (including phenoxy) is 3. The number of methoxy groups -OCH3 is 1. The van der Waals surface area contributed by atoms with Crippen LogP contribution in [0.4, 0.5) is 0 Å². The Morgan fingerprint density at radius 1 is 1.00 bits per heavy atom. The van der Waals surface area contributed by atoms with Crippen LogP contribution in [0, 0.1) is 0 Å². The first-order valence-electron chi connectivity index (χ1n) is 10.2. The van der Waals surface area contributed by atoms with Gasteiger partial charge in [0.25, 0.3) is 0 Å². The van der Waals surface area contributed by atoms with Crippen LogP contribution < -0.4 is 9.47 Å². The molecule has 2 unspecified atom stereocenters. The Kier molecular flexibility index (Phi) is 6.90. The van der Waals surface area contributed by atoms with E-state index in [1.54, 1.807) is 13.2 Å². The summed E-state index contributed by atoms with van der Waals surface area (Å²) < 4.78 is 18.2. The van der Waals surface area contributed by atoms with Crippen molar-refractivity contribution in [2.45, 2.75) is 18.8 Å². The Morgan fingerprint density at radius 3 is 2.47 bits per heavy atom. The lowest BCUT2D eigenvalue weighted by Gasteiger charge is -2.37. The molecule has 0 amide bonds. The van der Waals surface area contributed by atoms with Crippen molar-refractivity contribution in [1.82, 2.24) is 4.90 Å². The monoisotopic (exact) mass is 423 g/mol. The molecule has 1 saturated heterocycles. The van der Waals surface area contributed by atoms with Crippen molar-refractivity contribution >= 4 is 11.6 Å². The van der Waals surface area contributed by atoms with Crippen molar-refractivity contribution in [2.75, 3.05) is 26.8 Å². The SMILES string of the molecule is COc1cc(Cl)ccc1OC(c1ccccc1)C1CN(Cc2ccccc2)CCO1. The lowest BCUT2D eigenvalue weighted by molar-refractivity contribution is -0.0842. The first kappa shape index (κ1) is 20.7. The molecule has 1 aliphatic rings. The number of rotatable bonds is 7. The van der Waals surface area contributed by atoms with Gasteiger partial charge in [-0.15, -0.1) is 0 Å². The molecule has 0 aromatic heterocycles. The molecule has 5 heteroatoms. The molecule has 0 bridgehead atoms. The normalized spacial score (nSPS) is 18.0. The summed E-state index contributed by atoms with van der Waals surface area (Å²) >= 11 is 6.13. The van der Waals surface area contributed by atoms with E-state index in [1.165, 1.54) is 5.56 Å². The van der Waals surface area contributed by atoms with Gasteiger partial charge in [0, 0.05) is 30.7 Å². The molecule has 1 heterocycles. The summed E-state index contributed by atoms with van der Waals surface area (Å²) in [7, 11) is 1.62. The van der Waals surface area contributed by atoms with Gasteiger partial charge in [0.05, 0.1) is 13.7 Å². The minimum Gasteiger partial charge on any atom is -0.493 e. The van der Waals surface area contributed by atoms with E-state index in [1.807, 2.05) is 36.4 Å². The number of hydrogen-bond acceptors (Lipinski definition) is 4. The summed E-state index contributed by atoms with van der Waals surface area (Å²) in [5.41, 5.74) is 2.37. The fourth-order valence-electron chi connectivity index (χ4n) is 3.78. The van der Waals surface area contributed by atoms with Gasteiger partial charge in [0.1, 0.15) is 6.10 Å². The number of nitrogens with zero attached hydrogens (tertiary/aromatic N) is 1. The summed E-state index contributed by atoms with van der Waals surface area (Å²) in [5, 5.41) is 0.610. The molecule has 4 nitrogen and oxygen atoms in total. The van der Waals surface area contributed by atoms with E-state index in [4.69, 9.17) is 25.8 Å². The minimum atomic E-state index is -0.264. The standard InChI is InChI=1S/C25H26ClNO3/c1-28-23-16-21(26)12-13-22(23)30-25(20-10-6-3-7-11-20)24-18-27(14-15-29-24)17-19-8-4-2-5-9-19/h2-13,16,24-25H,14-15,17-18H2,1H3. The Morgan fingerprint density at radius 2 is 1.73 bits per heavy atom. The molecule has 3 aromatic carbocycles. The average molecular weight is 424 g/mol. The first-order valence-corrected chi connectivity index (χ1v) is 10.5. The maximum Gasteiger partial charge on any atom is 0.162 e. The van der Waals surface area contributed by atoms with Gasteiger partial charge in [-0.25, -0.2) is 0 Å². The van der Waals surface area contributed by atoms with E-state index in [9.17, 15) is 0 Å². The summed E-state index contributed by atoms with van der Waals surface area (Å²) in [5.74, 6) is 1.26. The zero-order valence-electron chi connectivity index (χ0n) is 17.0. The third kappa shape index (κ3) is 5.14. The molecule has 2 atom stereocenters. The minimum absolute atomic E-state index is 0.106. The van der Waals surface area contributed by atoms with Crippen LogP contribution in [0.1, 0.15) is 17.2 Å². The molecule has 0 spiro atoms. The van der Waals surface area contributed by atoms with E-state index in [0.29, 0.717) is 23.1 Å². The number of hydrogen-bond donors (Lipinski definition) is 0. The number of benzene rings is 3. The Labute approximate surface area is 182 Å².